The summed E-state index contributed by atoms with van der Waals surface area (Å²) in [5, 5.41) is 3.25. The fourth-order valence-corrected chi connectivity index (χ4v) is 1.93. The van der Waals surface area contributed by atoms with E-state index in [2.05, 4.69) is 10.3 Å². The fourth-order valence-electron chi connectivity index (χ4n) is 1.93. The SMILES string of the molecule is COC(=O)C(C)n1cncc1C1CNCCO1. The molecule has 2 unspecified atom stereocenters. The first-order chi connectivity index (χ1) is 8.24. The Hall–Kier alpha value is -1.40. The number of rotatable bonds is 3. The van der Waals surface area contributed by atoms with Crippen molar-refractivity contribution in [1.82, 2.24) is 14.9 Å². The van der Waals surface area contributed by atoms with Crippen LogP contribution in [-0.4, -0.2) is 42.3 Å². The first-order valence-corrected chi connectivity index (χ1v) is 5.66. The molecule has 6 nitrogen and oxygen atoms in total. The number of nitrogens with one attached hydrogen (secondary N) is 1. The van der Waals surface area contributed by atoms with E-state index < -0.39 is 0 Å². The van der Waals surface area contributed by atoms with Gasteiger partial charge in [0.15, 0.2) is 0 Å². The Bertz CT molecular complexity index is 385. The van der Waals surface area contributed by atoms with Crippen LogP contribution in [0.25, 0.3) is 0 Å². The van der Waals surface area contributed by atoms with Crippen LogP contribution in [0, 0.1) is 0 Å². The highest BCUT2D eigenvalue weighted by Crippen LogP contribution is 2.22. The molecule has 1 aliphatic rings. The van der Waals surface area contributed by atoms with E-state index in [1.165, 1.54) is 7.11 Å². The standard InChI is InChI=1S/C11H17N3O3/c1-8(11(15)16-2)14-7-13-5-9(14)10-6-12-3-4-17-10/h5,7-8,10,12H,3-4,6H2,1-2H3. The molecule has 17 heavy (non-hydrogen) atoms. The molecule has 0 saturated carbocycles. The Morgan fingerprint density at radius 2 is 2.59 bits per heavy atom. The molecule has 0 aliphatic carbocycles. The predicted molar refractivity (Wildman–Crippen MR) is 60.5 cm³/mol. The monoisotopic (exact) mass is 239 g/mol. The van der Waals surface area contributed by atoms with Gasteiger partial charge >= 0.3 is 5.97 Å². The first-order valence-electron chi connectivity index (χ1n) is 5.66. The molecule has 1 aromatic heterocycles. The van der Waals surface area contributed by atoms with Crippen molar-refractivity contribution in [2.45, 2.75) is 19.1 Å². The molecule has 0 amide bonds. The van der Waals surface area contributed by atoms with Gasteiger partial charge in [0.05, 0.1) is 31.9 Å². The molecule has 2 rings (SSSR count). The van der Waals surface area contributed by atoms with Gasteiger partial charge in [-0.15, -0.1) is 0 Å². The average Bonchev–Trinajstić information content (AvgIpc) is 2.87. The Morgan fingerprint density at radius 1 is 1.76 bits per heavy atom. The summed E-state index contributed by atoms with van der Waals surface area (Å²) in [6.07, 6.45) is 3.31. The Labute approximate surface area is 99.9 Å². The smallest absolute Gasteiger partial charge is 0.328 e. The highest BCUT2D eigenvalue weighted by atomic mass is 16.5. The Balaban J connectivity index is 2.18. The van der Waals surface area contributed by atoms with Crippen LogP contribution < -0.4 is 5.32 Å². The molecule has 6 heteroatoms. The minimum absolute atomic E-state index is 0.0571. The van der Waals surface area contributed by atoms with Gasteiger partial charge in [-0.25, -0.2) is 9.78 Å². The zero-order valence-corrected chi connectivity index (χ0v) is 10.0. The maximum atomic E-state index is 11.5. The van der Waals surface area contributed by atoms with Crippen molar-refractivity contribution in [3.8, 4) is 0 Å². The van der Waals surface area contributed by atoms with Crippen molar-refractivity contribution in [3.05, 3.63) is 18.2 Å². The first kappa shape index (κ1) is 12.1. The number of carbonyl (C=O) groups excluding carboxylic acids is 1. The van der Waals surface area contributed by atoms with Gasteiger partial charge in [-0.3, -0.25) is 0 Å². The summed E-state index contributed by atoms with van der Waals surface area (Å²) in [6, 6.07) is -0.386. The molecule has 1 fully saturated rings. The van der Waals surface area contributed by atoms with E-state index in [-0.39, 0.29) is 18.1 Å². The lowest BCUT2D eigenvalue weighted by atomic mass is 10.2. The van der Waals surface area contributed by atoms with E-state index in [9.17, 15) is 4.79 Å². The van der Waals surface area contributed by atoms with Crippen molar-refractivity contribution < 1.29 is 14.3 Å². The second kappa shape index (κ2) is 5.29. The molecule has 2 atom stereocenters. The predicted octanol–water partition coefficient (Wildman–Crippen LogP) is 0.278. The van der Waals surface area contributed by atoms with Gasteiger partial charge in [0.1, 0.15) is 12.1 Å². The van der Waals surface area contributed by atoms with E-state index in [1.807, 2.05) is 0 Å². The molecular weight excluding hydrogens is 222 g/mol. The summed E-state index contributed by atoms with van der Waals surface area (Å²) in [7, 11) is 1.38. The van der Waals surface area contributed by atoms with Crippen molar-refractivity contribution in [3.63, 3.8) is 0 Å². The second-order valence-electron chi connectivity index (χ2n) is 3.99. The van der Waals surface area contributed by atoms with Gasteiger partial charge in [-0.05, 0) is 6.92 Å². The number of ether oxygens (including phenoxy) is 2. The molecule has 1 saturated heterocycles. The number of carbonyl (C=O) groups is 1. The highest BCUT2D eigenvalue weighted by molar-refractivity contribution is 5.73. The minimum Gasteiger partial charge on any atom is -0.467 e. The quantitative estimate of drug-likeness (QED) is 0.767. The minimum atomic E-state index is -0.386. The molecule has 1 N–H and O–H groups in total. The molecule has 1 aliphatic heterocycles. The van der Waals surface area contributed by atoms with Gasteiger partial charge in [0.25, 0.3) is 0 Å². The number of hydrogen-bond acceptors (Lipinski definition) is 5. The lowest BCUT2D eigenvalue weighted by Crippen LogP contribution is -2.35. The van der Waals surface area contributed by atoms with Crippen LogP contribution in [0.2, 0.25) is 0 Å². The van der Waals surface area contributed by atoms with E-state index in [0.717, 1.165) is 18.8 Å². The number of imidazole rings is 1. The summed E-state index contributed by atoms with van der Waals surface area (Å²) in [4.78, 5) is 15.6. The third-order valence-corrected chi connectivity index (χ3v) is 2.91. The Kier molecular flexibility index (Phi) is 3.75. The largest absolute Gasteiger partial charge is 0.467 e. The van der Waals surface area contributed by atoms with Gasteiger partial charge in [-0.1, -0.05) is 0 Å². The van der Waals surface area contributed by atoms with Gasteiger partial charge in [0, 0.05) is 13.1 Å². The number of nitrogens with zero attached hydrogens (tertiary/aromatic N) is 2. The topological polar surface area (TPSA) is 65.4 Å². The van der Waals surface area contributed by atoms with Gasteiger partial charge in [0.2, 0.25) is 0 Å². The van der Waals surface area contributed by atoms with Crippen LogP contribution in [-0.2, 0) is 14.3 Å². The normalized spacial score (nSPS) is 22.1. The summed E-state index contributed by atoms with van der Waals surface area (Å²) in [6.45, 7) is 4.05. The van der Waals surface area contributed by atoms with Crippen molar-refractivity contribution in [2.75, 3.05) is 26.8 Å². The number of morpholine rings is 1. The van der Waals surface area contributed by atoms with Crippen LogP contribution in [0.1, 0.15) is 24.8 Å². The number of aromatic nitrogens is 2. The highest BCUT2D eigenvalue weighted by Gasteiger charge is 2.24. The van der Waals surface area contributed by atoms with Crippen LogP contribution in [0.15, 0.2) is 12.5 Å². The van der Waals surface area contributed by atoms with Crippen molar-refractivity contribution in [2.24, 2.45) is 0 Å². The average molecular weight is 239 g/mol. The third-order valence-electron chi connectivity index (χ3n) is 2.91. The molecule has 2 heterocycles. The molecule has 94 valence electrons. The lowest BCUT2D eigenvalue weighted by molar-refractivity contribution is -0.144. The molecule has 1 aromatic rings. The number of hydrogen-bond donors (Lipinski definition) is 1. The number of esters is 1. The molecule has 0 spiro atoms. The fraction of sp³-hybridized carbons (Fsp3) is 0.636. The zero-order valence-electron chi connectivity index (χ0n) is 10.0. The molecule has 0 bridgehead atoms. The van der Waals surface area contributed by atoms with E-state index in [1.54, 1.807) is 24.0 Å². The van der Waals surface area contributed by atoms with Gasteiger partial charge in [-0.2, -0.15) is 0 Å². The zero-order chi connectivity index (χ0) is 12.3. The number of methoxy groups -OCH3 is 1. The summed E-state index contributed by atoms with van der Waals surface area (Å²) >= 11 is 0. The van der Waals surface area contributed by atoms with Crippen LogP contribution in [0.4, 0.5) is 0 Å². The van der Waals surface area contributed by atoms with Crippen LogP contribution >= 0.6 is 0 Å². The van der Waals surface area contributed by atoms with Crippen LogP contribution in [0.3, 0.4) is 0 Å². The van der Waals surface area contributed by atoms with Gasteiger partial charge < -0.3 is 19.4 Å². The maximum absolute atomic E-state index is 11.5. The summed E-state index contributed by atoms with van der Waals surface area (Å²) in [5.74, 6) is -0.284. The second-order valence-corrected chi connectivity index (χ2v) is 3.99. The molecule has 0 radical (unpaired) electrons. The van der Waals surface area contributed by atoms with E-state index in [0.29, 0.717) is 6.61 Å². The molecular formula is C11H17N3O3. The van der Waals surface area contributed by atoms with Crippen molar-refractivity contribution in [1.29, 1.82) is 0 Å². The van der Waals surface area contributed by atoms with E-state index in [4.69, 9.17) is 9.47 Å². The third kappa shape index (κ3) is 2.48. The van der Waals surface area contributed by atoms with Crippen molar-refractivity contribution >= 4 is 5.97 Å². The summed E-state index contributed by atoms with van der Waals surface area (Å²) in [5.41, 5.74) is 0.898. The molecule has 0 aromatic carbocycles. The Morgan fingerprint density at radius 3 is 3.24 bits per heavy atom. The lowest BCUT2D eigenvalue weighted by Gasteiger charge is -2.25. The van der Waals surface area contributed by atoms with E-state index >= 15 is 0 Å². The van der Waals surface area contributed by atoms with Crippen LogP contribution in [0.5, 0.6) is 0 Å². The summed E-state index contributed by atoms with van der Waals surface area (Å²) < 4.78 is 12.2. The maximum Gasteiger partial charge on any atom is 0.328 e.